The number of hydrogen-bond donors (Lipinski definition) is 2. The van der Waals surface area contributed by atoms with Gasteiger partial charge in [0.2, 0.25) is 0 Å². The molecule has 0 unspecified atom stereocenters. The van der Waals surface area contributed by atoms with Crippen LogP contribution >= 0.6 is 15.9 Å². The molecule has 3 N–H and O–H groups in total. The first kappa shape index (κ1) is 15.9. The van der Waals surface area contributed by atoms with Crippen molar-refractivity contribution in [2.75, 3.05) is 4.72 Å². The highest BCUT2D eigenvalue weighted by atomic mass is 79.9. The lowest BCUT2D eigenvalue weighted by Gasteiger charge is -2.12. The minimum Gasteiger partial charge on any atom is -0.326 e. The van der Waals surface area contributed by atoms with Crippen molar-refractivity contribution in [3.8, 4) is 0 Å². The Labute approximate surface area is 131 Å². The number of rotatable bonds is 4. The normalized spacial score (nSPS) is 11.4. The lowest BCUT2D eigenvalue weighted by atomic mass is 10.2. The zero-order valence-electron chi connectivity index (χ0n) is 11.2. The topological polar surface area (TPSA) is 72.2 Å². The standard InChI is InChI=1S/C14H14BrFN2O2S/c1-9-11(15)3-2-4-13(9)18-21(19,20)14-6-5-10(8-17)7-12(14)16/h2-7,18H,8,17H2,1H3. The molecule has 0 aliphatic carbocycles. The molecular weight excluding hydrogens is 359 g/mol. The summed E-state index contributed by atoms with van der Waals surface area (Å²) in [5.74, 6) is -0.821. The first-order valence-electron chi connectivity index (χ1n) is 6.11. The van der Waals surface area contributed by atoms with E-state index in [-0.39, 0.29) is 6.54 Å². The second kappa shape index (κ2) is 6.13. The van der Waals surface area contributed by atoms with Gasteiger partial charge < -0.3 is 5.73 Å². The van der Waals surface area contributed by atoms with Crippen LogP contribution in [0.4, 0.5) is 10.1 Å². The van der Waals surface area contributed by atoms with Crippen molar-refractivity contribution in [1.29, 1.82) is 0 Å². The number of benzene rings is 2. The molecule has 0 amide bonds. The number of anilines is 1. The van der Waals surface area contributed by atoms with Gasteiger partial charge in [0, 0.05) is 11.0 Å². The number of hydrogen-bond acceptors (Lipinski definition) is 3. The Morgan fingerprint density at radius 1 is 1.29 bits per heavy atom. The number of sulfonamides is 1. The Kier molecular flexibility index (Phi) is 4.65. The van der Waals surface area contributed by atoms with Crippen LogP contribution in [-0.2, 0) is 16.6 Å². The molecule has 21 heavy (non-hydrogen) atoms. The fourth-order valence-electron chi connectivity index (χ4n) is 1.81. The van der Waals surface area contributed by atoms with E-state index < -0.39 is 20.7 Å². The van der Waals surface area contributed by atoms with Crippen LogP contribution in [0.15, 0.2) is 45.8 Å². The van der Waals surface area contributed by atoms with E-state index in [2.05, 4.69) is 20.7 Å². The van der Waals surface area contributed by atoms with Crippen molar-refractivity contribution < 1.29 is 12.8 Å². The molecule has 2 aromatic rings. The molecular formula is C14H14BrFN2O2S. The Bertz CT molecular complexity index is 779. The SMILES string of the molecule is Cc1c(Br)cccc1NS(=O)(=O)c1ccc(CN)cc1F. The predicted octanol–water partition coefficient (Wildman–Crippen LogP) is 3.16. The van der Waals surface area contributed by atoms with Crippen LogP contribution in [-0.4, -0.2) is 8.42 Å². The van der Waals surface area contributed by atoms with Crippen LogP contribution in [0.2, 0.25) is 0 Å². The average molecular weight is 373 g/mol. The van der Waals surface area contributed by atoms with Crippen molar-refractivity contribution in [3.05, 3.63) is 57.8 Å². The van der Waals surface area contributed by atoms with E-state index in [1.54, 1.807) is 25.1 Å². The summed E-state index contributed by atoms with van der Waals surface area (Å²) in [4.78, 5) is -0.404. The van der Waals surface area contributed by atoms with Gasteiger partial charge in [-0.1, -0.05) is 28.1 Å². The van der Waals surface area contributed by atoms with E-state index in [1.807, 2.05) is 0 Å². The van der Waals surface area contributed by atoms with Crippen LogP contribution in [0.3, 0.4) is 0 Å². The third-order valence-corrected chi connectivity index (χ3v) is 5.29. The van der Waals surface area contributed by atoms with Gasteiger partial charge in [0.25, 0.3) is 10.0 Å². The number of nitrogens with one attached hydrogen (secondary N) is 1. The summed E-state index contributed by atoms with van der Waals surface area (Å²) in [6, 6.07) is 8.94. The summed E-state index contributed by atoms with van der Waals surface area (Å²) < 4.78 is 41.7. The maximum absolute atomic E-state index is 13.9. The third kappa shape index (κ3) is 3.42. The zero-order valence-corrected chi connectivity index (χ0v) is 13.6. The monoisotopic (exact) mass is 372 g/mol. The van der Waals surface area contributed by atoms with Gasteiger partial charge in [-0.25, -0.2) is 12.8 Å². The molecule has 0 radical (unpaired) electrons. The summed E-state index contributed by atoms with van der Waals surface area (Å²) in [5.41, 5.74) is 7.05. The molecule has 112 valence electrons. The highest BCUT2D eigenvalue weighted by molar-refractivity contribution is 9.10. The molecule has 0 fully saturated rings. The van der Waals surface area contributed by atoms with Crippen molar-refractivity contribution in [1.82, 2.24) is 0 Å². The third-order valence-electron chi connectivity index (χ3n) is 3.03. The summed E-state index contributed by atoms with van der Waals surface area (Å²) in [6.07, 6.45) is 0. The quantitative estimate of drug-likeness (QED) is 0.865. The zero-order chi connectivity index (χ0) is 15.6. The van der Waals surface area contributed by atoms with E-state index in [0.717, 1.165) is 16.1 Å². The van der Waals surface area contributed by atoms with Gasteiger partial charge >= 0.3 is 0 Å². The minimum absolute atomic E-state index is 0.148. The van der Waals surface area contributed by atoms with Gasteiger partial charge in [-0.15, -0.1) is 0 Å². The molecule has 7 heteroatoms. The lowest BCUT2D eigenvalue weighted by Crippen LogP contribution is -2.15. The van der Waals surface area contributed by atoms with Crippen molar-refractivity contribution in [3.63, 3.8) is 0 Å². The van der Waals surface area contributed by atoms with Crippen molar-refractivity contribution >= 4 is 31.6 Å². The Hall–Kier alpha value is -1.44. The van der Waals surface area contributed by atoms with Gasteiger partial charge in [0.05, 0.1) is 5.69 Å². The molecule has 0 aliphatic rings. The second-order valence-corrected chi connectivity index (χ2v) is 6.99. The van der Waals surface area contributed by atoms with E-state index >= 15 is 0 Å². The molecule has 0 saturated carbocycles. The maximum Gasteiger partial charge on any atom is 0.264 e. The molecule has 0 saturated heterocycles. The molecule has 0 atom stereocenters. The lowest BCUT2D eigenvalue weighted by molar-refractivity contribution is 0.569. The molecule has 0 aliphatic heterocycles. The fourth-order valence-corrected chi connectivity index (χ4v) is 3.36. The summed E-state index contributed by atoms with van der Waals surface area (Å²) in [6.45, 7) is 1.91. The van der Waals surface area contributed by atoms with Gasteiger partial charge in [0.1, 0.15) is 10.7 Å². The second-order valence-electron chi connectivity index (χ2n) is 4.49. The van der Waals surface area contributed by atoms with E-state index in [1.165, 1.54) is 12.1 Å². The van der Waals surface area contributed by atoms with Crippen molar-refractivity contribution in [2.24, 2.45) is 5.73 Å². The Balaban J connectivity index is 2.41. The first-order chi connectivity index (χ1) is 9.85. The molecule has 0 heterocycles. The predicted molar refractivity (Wildman–Crippen MR) is 84.0 cm³/mol. The van der Waals surface area contributed by atoms with Gasteiger partial charge in [-0.3, -0.25) is 4.72 Å². The van der Waals surface area contributed by atoms with Gasteiger partial charge in [-0.2, -0.15) is 0 Å². The highest BCUT2D eigenvalue weighted by Gasteiger charge is 2.20. The molecule has 2 rings (SSSR count). The number of nitrogens with two attached hydrogens (primary N) is 1. The van der Waals surface area contributed by atoms with Gasteiger partial charge in [-0.05, 0) is 42.3 Å². The van der Waals surface area contributed by atoms with Crippen LogP contribution in [0, 0.1) is 12.7 Å². The first-order valence-corrected chi connectivity index (χ1v) is 8.39. The summed E-state index contributed by atoms with van der Waals surface area (Å²) in [5, 5.41) is 0. The van der Waals surface area contributed by atoms with E-state index in [4.69, 9.17) is 5.73 Å². The van der Waals surface area contributed by atoms with Crippen LogP contribution in [0.5, 0.6) is 0 Å². The largest absolute Gasteiger partial charge is 0.326 e. The van der Waals surface area contributed by atoms with E-state index in [0.29, 0.717) is 11.3 Å². The smallest absolute Gasteiger partial charge is 0.264 e. The molecule has 0 spiro atoms. The highest BCUT2D eigenvalue weighted by Crippen LogP contribution is 2.26. The number of halogens is 2. The molecule has 0 bridgehead atoms. The summed E-state index contributed by atoms with van der Waals surface area (Å²) >= 11 is 3.32. The van der Waals surface area contributed by atoms with Gasteiger partial charge in [0.15, 0.2) is 0 Å². The Morgan fingerprint density at radius 3 is 2.62 bits per heavy atom. The Morgan fingerprint density at radius 2 is 2.00 bits per heavy atom. The maximum atomic E-state index is 13.9. The van der Waals surface area contributed by atoms with Crippen LogP contribution in [0.1, 0.15) is 11.1 Å². The van der Waals surface area contributed by atoms with Crippen LogP contribution in [0.25, 0.3) is 0 Å². The van der Waals surface area contributed by atoms with Crippen molar-refractivity contribution in [2.45, 2.75) is 18.4 Å². The molecule has 2 aromatic carbocycles. The van der Waals surface area contributed by atoms with Crippen LogP contribution < -0.4 is 10.5 Å². The average Bonchev–Trinajstić information content (AvgIpc) is 2.43. The fraction of sp³-hybridized carbons (Fsp3) is 0.143. The summed E-state index contributed by atoms with van der Waals surface area (Å²) in [7, 11) is -3.99. The molecule has 0 aromatic heterocycles. The van der Waals surface area contributed by atoms with E-state index in [9.17, 15) is 12.8 Å². The minimum atomic E-state index is -3.99. The molecule has 4 nitrogen and oxygen atoms in total.